The third-order valence-electron chi connectivity index (χ3n) is 4.16. The number of furan rings is 1. The molecule has 3 aromatic heterocycles. The molecule has 1 aliphatic rings. The number of H-pyrrole nitrogens is 1. The molecule has 1 N–H and O–H groups in total. The number of rotatable bonds is 5. The molecule has 1 atom stereocenters. The summed E-state index contributed by atoms with van der Waals surface area (Å²) in [6, 6.07) is 7.20. The van der Waals surface area contributed by atoms with E-state index in [2.05, 4.69) is 15.2 Å². The number of aromatic nitrogens is 3. The van der Waals surface area contributed by atoms with E-state index in [0.717, 1.165) is 16.8 Å². The maximum absolute atomic E-state index is 12.8. The van der Waals surface area contributed by atoms with Gasteiger partial charge in [0.2, 0.25) is 0 Å². The molecule has 3 aromatic rings. The van der Waals surface area contributed by atoms with E-state index in [1.807, 2.05) is 18.2 Å². The molecule has 0 saturated heterocycles. The molecule has 7 nitrogen and oxygen atoms in total. The van der Waals surface area contributed by atoms with E-state index < -0.39 is 0 Å². The molecule has 24 heavy (non-hydrogen) atoms. The van der Waals surface area contributed by atoms with Gasteiger partial charge < -0.3 is 14.1 Å². The first-order valence-corrected chi connectivity index (χ1v) is 7.63. The first-order valence-electron chi connectivity index (χ1n) is 7.63. The Hall–Kier alpha value is -2.93. The van der Waals surface area contributed by atoms with Crippen molar-refractivity contribution in [2.45, 2.75) is 6.04 Å². The number of hydrogen-bond acceptors (Lipinski definition) is 5. The molecule has 4 heterocycles. The van der Waals surface area contributed by atoms with Crippen molar-refractivity contribution in [3.8, 4) is 11.5 Å². The number of aromatic amines is 1. The lowest BCUT2D eigenvalue weighted by molar-refractivity contribution is 0.0677. The van der Waals surface area contributed by atoms with Gasteiger partial charge in [0.25, 0.3) is 5.91 Å². The number of fused-ring (bicyclic) bond motifs is 1. The molecule has 0 radical (unpaired) electrons. The fraction of sp³-hybridized carbons (Fsp3) is 0.235. The fourth-order valence-corrected chi connectivity index (χ4v) is 3.10. The van der Waals surface area contributed by atoms with Crippen molar-refractivity contribution >= 4 is 5.91 Å². The quantitative estimate of drug-likeness (QED) is 0.778. The lowest BCUT2D eigenvalue weighted by Gasteiger charge is -2.25. The van der Waals surface area contributed by atoms with E-state index in [4.69, 9.17) is 9.15 Å². The Labute approximate surface area is 138 Å². The summed E-state index contributed by atoms with van der Waals surface area (Å²) in [5.74, 6) is 0.531. The van der Waals surface area contributed by atoms with Gasteiger partial charge in [-0.1, -0.05) is 6.07 Å². The van der Waals surface area contributed by atoms with Crippen LogP contribution >= 0.6 is 0 Å². The highest BCUT2D eigenvalue weighted by molar-refractivity contribution is 5.99. The van der Waals surface area contributed by atoms with Gasteiger partial charge in [0, 0.05) is 31.6 Å². The summed E-state index contributed by atoms with van der Waals surface area (Å²) < 4.78 is 10.7. The average molecular weight is 324 g/mol. The topological polar surface area (TPSA) is 84.2 Å². The number of amides is 1. The van der Waals surface area contributed by atoms with E-state index in [1.54, 1.807) is 36.7 Å². The highest BCUT2D eigenvalue weighted by Crippen LogP contribution is 2.42. The first kappa shape index (κ1) is 14.6. The number of carbonyl (C=O) groups excluding carboxylic acids is 1. The zero-order valence-corrected chi connectivity index (χ0v) is 13.1. The lowest BCUT2D eigenvalue weighted by atomic mass is 9.99. The third-order valence-corrected chi connectivity index (χ3v) is 4.16. The Morgan fingerprint density at radius 3 is 3.00 bits per heavy atom. The van der Waals surface area contributed by atoms with Crippen molar-refractivity contribution in [2.24, 2.45) is 0 Å². The molecule has 1 unspecified atom stereocenters. The summed E-state index contributed by atoms with van der Waals surface area (Å²) in [5, 5.41) is 7.17. The number of methoxy groups -OCH3 is 1. The van der Waals surface area contributed by atoms with E-state index in [9.17, 15) is 4.79 Å². The van der Waals surface area contributed by atoms with Crippen LogP contribution in [0.25, 0.3) is 11.5 Å². The maximum atomic E-state index is 12.8. The van der Waals surface area contributed by atoms with E-state index >= 15 is 0 Å². The summed E-state index contributed by atoms with van der Waals surface area (Å²) >= 11 is 0. The third kappa shape index (κ3) is 2.21. The van der Waals surface area contributed by atoms with Crippen molar-refractivity contribution in [3.63, 3.8) is 0 Å². The molecule has 1 aliphatic heterocycles. The Balaban J connectivity index is 1.85. The van der Waals surface area contributed by atoms with Crippen molar-refractivity contribution in [3.05, 3.63) is 59.7 Å². The van der Waals surface area contributed by atoms with Crippen molar-refractivity contribution in [2.75, 3.05) is 20.3 Å². The molecule has 0 fully saturated rings. The summed E-state index contributed by atoms with van der Waals surface area (Å²) in [7, 11) is 1.62. The van der Waals surface area contributed by atoms with Crippen molar-refractivity contribution < 1.29 is 13.9 Å². The van der Waals surface area contributed by atoms with Gasteiger partial charge in [0.05, 0.1) is 18.9 Å². The van der Waals surface area contributed by atoms with Crippen LogP contribution in [0.3, 0.4) is 0 Å². The summed E-state index contributed by atoms with van der Waals surface area (Å²) in [6.45, 7) is 0.926. The van der Waals surface area contributed by atoms with Crippen LogP contribution in [0.1, 0.15) is 27.7 Å². The number of ether oxygens (including phenoxy) is 1. The van der Waals surface area contributed by atoms with Gasteiger partial charge in [-0.15, -0.1) is 0 Å². The number of nitrogens with one attached hydrogen (secondary N) is 1. The van der Waals surface area contributed by atoms with Crippen LogP contribution in [0.15, 0.2) is 47.3 Å². The zero-order valence-electron chi connectivity index (χ0n) is 13.1. The second kappa shape index (κ2) is 5.93. The van der Waals surface area contributed by atoms with Gasteiger partial charge in [-0.05, 0) is 23.8 Å². The molecular weight excluding hydrogens is 308 g/mol. The van der Waals surface area contributed by atoms with Crippen LogP contribution in [-0.4, -0.2) is 46.2 Å². The summed E-state index contributed by atoms with van der Waals surface area (Å²) in [6.07, 6.45) is 5.08. The molecule has 4 rings (SSSR count). The Bertz CT molecular complexity index is 842. The Morgan fingerprint density at radius 2 is 2.29 bits per heavy atom. The largest absolute Gasteiger partial charge is 0.463 e. The Morgan fingerprint density at radius 1 is 1.38 bits per heavy atom. The number of carbonyl (C=O) groups is 1. The molecule has 0 saturated carbocycles. The Kier molecular flexibility index (Phi) is 3.62. The van der Waals surface area contributed by atoms with Gasteiger partial charge in [-0.2, -0.15) is 5.10 Å². The second-order valence-corrected chi connectivity index (χ2v) is 5.52. The van der Waals surface area contributed by atoms with Crippen LogP contribution in [0, 0.1) is 0 Å². The monoisotopic (exact) mass is 324 g/mol. The van der Waals surface area contributed by atoms with Gasteiger partial charge in [0.15, 0.2) is 11.5 Å². The average Bonchev–Trinajstić information content (AvgIpc) is 3.32. The molecule has 0 aliphatic carbocycles. The highest BCUT2D eigenvalue weighted by atomic mass is 16.5. The smallest absolute Gasteiger partial charge is 0.275 e. The number of hydrogen-bond donors (Lipinski definition) is 1. The van der Waals surface area contributed by atoms with Gasteiger partial charge >= 0.3 is 0 Å². The highest BCUT2D eigenvalue weighted by Gasteiger charge is 2.42. The second-order valence-electron chi connectivity index (χ2n) is 5.52. The summed E-state index contributed by atoms with van der Waals surface area (Å²) in [5.41, 5.74) is 2.89. The van der Waals surface area contributed by atoms with Crippen LogP contribution in [0.4, 0.5) is 0 Å². The fourth-order valence-electron chi connectivity index (χ4n) is 3.10. The van der Waals surface area contributed by atoms with Gasteiger partial charge in [-0.25, -0.2) is 0 Å². The molecule has 0 bridgehead atoms. The van der Waals surface area contributed by atoms with Gasteiger partial charge in [0.1, 0.15) is 5.69 Å². The van der Waals surface area contributed by atoms with E-state index in [1.165, 1.54) is 0 Å². The lowest BCUT2D eigenvalue weighted by Crippen LogP contribution is -2.32. The van der Waals surface area contributed by atoms with Crippen molar-refractivity contribution in [1.82, 2.24) is 20.1 Å². The van der Waals surface area contributed by atoms with Crippen LogP contribution in [-0.2, 0) is 4.74 Å². The minimum atomic E-state index is -0.268. The molecule has 0 spiro atoms. The molecule has 122 valence electrons. The van der Waals surface area contributed by atoms with Crippen LogP contribution < -0.4 is 0 Å². The standard InChI is InChI=1S/C17H16N4O3/c1-23-9-7-21-16(11-4-2-6-18-10-11)13-14(12-5-3-8-24-12)19-20-15(13)17(21)22/h2-6,8,10,16H,7,9H2,1H3,(H,19,20). The predicted octanol–water partition coefficient (Wildman–Crippen LogP) is 2.26. The van der Waals surface area contributed by atoms with Crippen LogP contribution in [0.5, 0.6) is 0 Å². The van der Waals surface area contributed by atoms with E-state index in [0.29, 0.717) is 24.6 Å². The van der Waals surface area contributed by atoms with Crippen molar-refractivity contribution in [1.29, 1.82) is 0 Å². The first-order chi connectivity index (χ1) is 11.8. The van der Waals surface area contributed by atoms with Gasteiger partial charge in [-0.3, -0.25) is 14.9 Å². The molecule has 1 amide bonds. The molecule has 7 heteroatoms. The van der Waals surface area contributed by atoms with Crippen LogP contribution in [0.2, 0.25) is 0 Å². The molecule has 0 aromatic carbocycles. The summed E-state index contributed by atoms with van der Waals surface area (Å²) in [4.78, 5) is 18.8. The minimum absolute atomic E-state index is 0.120. The normalized spacial score (nSPS) is 16.6. The zero-order chi connectivity index (χ0) is 16.5. The number of nitrogens with zero attached hydrogens (tertiary/aromatic N) is 3. The molecular formula is C17H16N4O3. The maximum Gasteiger partial charge on any atom is 0.275 e. The van der Waals surface area contributed by atoms with E-state index in [-0.39, 0.29) is 11.9 Å². The SMILES string of the molecule is COCCN1C(=O)c2n[nH]c(-c3ccco3)c2C1c1cccnc1. The number of pyridine rings is 1. The predicted molar refractivity (Wildman–Crippen MR) is 85.3 cm³/mol. The minimum Gasteiger partial charge on any atom is -0.463 e.